The normalized spacial score (nSPS) is 16.1. The van der Waals surface area contributed by atoms with Crippen LogP contribution in [0.5, 0.6) is 0 Å². The van der Waals surface area contributed by atoms with E-state index in [2.05, 4.69) is 20.7 Å². The third-order valence-corrected chi connectivity index (χ3v) is 6.77. The maximum absolute atomic E-state index is 11.9. The van der Waals surface area contributed by atoms with Gasteiger partial charge in [0.05, 0.1) is 0 Å². The number of sulfonamides is 1. The molecule has 7 heteroatoms. The van der Waals surface area contributed by atoms with Crippen LogP contribution in [0.15, 0.2) is 20.1 Å². The highest BCUT2D eigenvalue weighted by Crippen LogP contribution is 2.29. The third kappa shape index (κ3) is 4.31. The minimum Gasteiger partial charge on any atom is -0.381 e. The summed E-state index contributed by atoms with van der Waals surface area (Å²) in [6.07, 6.45) is 3.26. The van der Waals surface area contributed by atoms with Gasteiger partial charge < -0.3 is 4.74 Å². The molecule has 102 valence electrons. The topological polar surface area (TPSA) is 55.4 Å². The molecule has 1 aromatic rings. The minimum absolute atomic E-state index is 0.335. The smallest absolute Gasteiger partial charge is 0.251 e. The molecule has 18 heavy (non-hydrogen) atoms. The van der Waals surface area contributed by atoms with Crippen LogP contribution in [-0.2, 0) is 14.8 Å². The van der Waals surface area contributed by atoms with Gasteiger partial charge >= 0.3 is 0 Å². The van der Waals surface area contributed by atoms with Crippen molar-refractivity contribution in [3.8, 4) is 0 Å². The molecule has 0 aliphatic heterocycles. The first-order chi connectivity index (χ1) is 8.59. The van der Waals surface area contributed by atoms with Gasteiger partial charge in [-0.15, -0.1) is 11.3 Å². The molecule has 2 rings (SSSR count). The highest BCUT2D eigenvalue weighted by molar-refractivity contribution is 9.10. The Morgan fingerprint density at radius 3 is 2.89 bits per heavy atom. The van der Waals surface area contributed by atoms with Crippen LogP contribution < -0.4 is 4.72 Å². The Labute approximate surface area is 120 Å². The van der Waals surface area contributed by atoms with Crippen molar-refractivity contribution in [3.05, 3.63) is 15.9 Å². The van der Waals surface area contributed by atoms with Gasteiger partial charge in [-0.2, -0.15) is 0 Å². The van der Waals surface area contributed by atoms with Crippen molar-refractivity contribution in [3.63, 3.8) is 0 Å². The highest BCUT2D eigenvalue weighted by atomic mass is 79.9. The number of nitrogens with one attached hydrogen (secondary N) is 1. The van der Waals surface area contributed by atoms with Crippen molar-refractivity contribution in [1.29, 1.82) is 0 Å². The largest absolute Gasteiger partial charge is 0.381 e. The van der Waals surface area contributed by atoms with Crippen molar-refractivity contribution in [2.24, 2.45) is 5.92 Å². The van der Waals surface area contributed by atoms with Crippen LogP contribution in [0.25, 0.3) is 0 Å². The van der Waals surface area contributed by atoms with Gasteiger partial charge in [0.2, 0.25) is 0 Å². The second-order valence-electron chi connectivity index (χ2n) is 4.33. The molecule has 0 spiro atoms. The van der Waals surface area contributed by atoms with Crippen molar-refractivity contribution in [2.75, 3.05) is 19.8 Å². The molecule has 0 unspecified atom stereocenters. The van der Waals surface area contributed by atoms with Gasteiger partial charge in [-0.25, -0.2) is 13.1 Å². The van der Waals surface area contributed by atoms with Gasteiger partial charge in [-0.05, 0) is 52.6 Å². The molecular formula is C11H16BrNO3S2. The Morgan fingerprint density at radius 1 is 1.50 bits per heavy atom. The lowest BCUT2D eigenvalue weighted by Gasteiger charge is -2.06. The van der Waals surface area contributed by atoms with Gasteiger partial charge in [0, 0.05) is 24.2 Å². The quantitative estimate of drug-likeness (QED) is 0.730. The average Bonchev–Trinajstić information content (AvgIpc) is 3.03. The van der Waals surface area contributed by atoms with Crippen LogP contribution in [0.1, 0.15) is 19.3 Å². The molecule has 0 radical (unpaired) electrons. The first-order valence-corrected chi connectivity index (χ1v) is 9.05. The van der Waals surface area contributed by atoms with Crippen LogP contribution in [0, 0.1) is 5.92 Å². The van der Waals surface area contributed by atoms with E-state index in [-0.39, 0.29) is 0 Å². The van der Waals surface area contributed by atoms with Crippen molar-refractivity contribution < 1.29 is 13.2 Å². The van der Waals surface area contributed by atoms with Crippen molar-refractivity contribution in [1.82, 2.24) is 4.72 Å². The molecule has 0 atom stereocenters. The Balaban J connectivity index is 1.67. The summed E-state index contributed by atoms with van der Waals surface area (Å²) < 4.78 is 32.8. The van der Waals surface area contributed by atoms with E-state index in [0.717, 1.165) is 12.5 Å². The molecule has 0 saturated heterocycles. The lowest BCUT2D eigenvalue weighted by molar-refractivity contribution is 0.123. The molecule has 1 fully saturated rings. The summed E-state index contributed by atoms with van der Waals surface area (Å²) in [5.41, 5.74) is 0. The van der Waals surface area contributed by atoms with E-state index in [1.807, 2.05) is 0 Å². The Hall–Kier alpha value is 0.0500. The average molecular weight is 354 g/mol. The molecule has 1 aromatic heterocycles. The van der Waals surface area contributed by atoms with Crippen LogP contribution >= 0.6 is 27.3 Å². The molecule has 1 saturated carbocycles. The zero-order valence-electron chi connectivity index (χ0n) is 9.89. The first kappa shape index (κ1) is 14.5. The third-order valence-electron chi connectivity index (χ3n) is 2.64. The Kier molecular flexibility index (Phi) is 5.20. The predicted octanol–water partition coefficient (Wildman–Crippen LogP) is 2.61. The molecule has 1 N–H and O–H groups in total. The fraction of sp³-hybridized carbons (Fsp3) is 0.636. The van der Waals surface area contributed by atoms with Crippen molar-refractivity contribution >= 4 is 37.3 Å². The standard InChI is InChI=1S/C11H16BrNO3S2/c12-10-4-7-17-11(10)18(14,15)13-5-1-6-16-8-9-2-3-9/h4,7,9,13H,1-3,5-6,8H2. The van der Waals surface area contributed by atoms with Crippen LogP contribution in [-0.4, -0.2) is 28.2 Å². The maximum Gasteiger partial charge on any atom is 0.251 e. The molecule has 4 nitrogen and oxygen atoms in total. The van der Waals surface area contributed by atoms with E-state index in [1.165, 1.54) is 24.2 Å². The SMILES string of the molecule is O=S(=O)(NCCCOCC1CC1)c1sccc1Br. The van der Waals surface area contributed by atoms with Gasteiger partial charge in [0.1, 0.15) is 4.21 Å². The number of rotatable bonds is 8. The predicted molar refractivity (Wildman–Crippen MR) is 75.4 cm³/mol. The number of ether oxygens (including phenoxy) is 1. The van der Waals surface area contributed by atoms with Crippen LogP contribution in [0.4, 0.5) is 0 Å². The zero-order chi connectivity index (χ0) is 13.0. The summed E-state index contributed by atoms with van der Waals surface area (Å²) in [6, 6.07) is 1.73. The van der Waals surface area contributed by atoms with E-state index in [0.29, 0.717) is 28.3 Å². The summed E-state index contributed by atoms with van der Waals surface area (Å²) in [5.74, 6) is 0.753. The Bertz CT molecular complexity index is 482. The molecular weight excluding hydrogens is 338 g/mol. The molecule has 0 amide bonds. The molecule has 0 aromatic carbocycles. The minimum atomic E-state index is -3.37. The summed E-state index contributed by atoms with van der Waals surface area (Å²) in [7, 11) is -3.37. The van der Waals surface area contributed by atoms with Crippen molar-refractivity contribution in [2.45, 2.75) is 23.5 Å². The van der Waals surface area contributed by atoms with E-state index in [9.17, 15) is 8.42 Å². The molecule has 0 bridgehead atoms. The summed E-state index contributed by atoms with van der Waals surface area (Å²) in [4.78, 5) is 0. The highest BCUT2D eigenvalue weighted by Gasteiger charge is 2.21. The fourth-order valence-electron chi connectivity index (χ4n) is 1.45. The first-order valence-electron chi connectivity index (χ1n) is 5.90. The number of thiophene rings is 1. The van der Waals surface area contributed by atoms with Crippen LogP contribution in [0.2, 0.25) is 0 Å². The summed E-state index contributed by atoms with van der Waals surface area (Å²) >= 11 is 4.43. The fourth-order valence-corrected chi connectivity index (χ4v) is 4.91. The lowest BCUT2D eigenvalue weighted by atomic mass is 10.4. The van der Waals surface area contributed by atoms with E-state index in [4.69, 9.17) is 4.74 Å². The molecule has 1 aliphatic carbocycles. The van der Waals surface area contributed by atoms with Crippen LogP contribution in [0.3, 0.4) is 0 Å². The van der Waals surface area contributed by atoms with Gasteiger partial charge in [0.25, 0.3) is 10.0 Å². The maximum atomic E-state index is 11.9. The zero-order valence-corrected chi connectivity index (χ0v) is 13.1. The monoisotopic (exact) mass is 353 g/mol. The molecule has 1 aliphatic rings. The second-order valence-corrected chi connectivity index (χ2v) is 8.06. The summed E-state index contributed by atoms with van der Waals surface area (Å²) in [5, 5.41) is 1.75. The molecule has 1 heterocycles. The van der Waals surface area contributed by atoms with E-state index >= 15 is 0 Å². The van der Waals surface area contributed by atoms with E-state index in [1.54, 1.807) is 11.4 Å². The van der Waals surface area contributed by atoms with Gasteiger partial charge in [-0.1, -0.05) is 0 Å². The Morgan fingerprint density at radius 2 is 2.28 bits per heavy atom. The lowest BCUT2D eigenvalue weighted by Crippen LogP contribution is -2.25. The van der Waals surface area contributed by atoms with Gasteiger partial charge in [0.15, 0.2) is 0 Å². The van der Waals surface area contributed by atoms with Gasteiger partial charge in [-0.3, -0.25) is 0 Å². The number of hydrogen-bond acceptors (Lipinski definition) is 4. The summed E-state index contributed by atoms with van der Waals surface area (Å²) in [6.45, 7) is 1.85. The van der Waals surface area contributed by atoms with E-state index < -0.39 is 10.0 Å². The number of halogens is 1. The number of hydrogen-bond donors (Lipinski definition) is 1. The second kappa shape index (κ2) is 6.47.